The molecule has 1 N–H and O–H groups in total. The number of amides is 1. The summed E-state index contributed by atoms with van der Waals surface area (Å²) in [6, 6.07) is 21.5. The Morgan fingerprint density at radius 1 is 1.05 bits per heavy atom. The number of hydrogen-bond acceptors (Lipinski definition) is 5. The number of rotatable bonds is 8. The van der Waals surface area contributed by atoms with Crippen molar-refractivity contribution in [2.24, 2.45) is 0 Å². The molecule has 0 saturated carbocycles. The lowest BCUT2D eigenvalue weighted by atomic mass is 10.0. The predicted molar refractivity (Wildman–Crippen MR) is 141 cm³/mol. The summed E-state index contributed by atoms with van der Waals surface area (Å²) in [5.41, 5.74) is 3.61. The van der Waals surface area contributed by atoms with E-state index in [1.807, 2.05) is 28.2 Å². The van der Waals surface area contributed by atoms with Gasteiger partial charge in [-0.15, -0.1) is 0 Å². The van der Waals surface area contributed by atoms with Crippen molar-refractivity contribution in [1.29, 1.82) is 0 Å². The fraction of sp³-hybridized carbons (Fsp3) is 0.310. The molecule has 10 heteroatoms. The van der Waals surface area contributed by atoms with E-state index in [0.29, 0.717) is 11.3 Å². The van der Waals surface area contributed by atoms with Gasteiger partial charge in [-0.2, -0.15) is 18.3 Å². The van der Waals surface area contributed by atoms with Gasteiger partial charge in [-0.05, 0) is 48.4 Å². The predicted octanol–water partition coefficient (Wildman–Crippen LogP) is 5.04. The van der Waals surface area contributed by atoms with Crippen LogP contribution in [0.5, 0.6) is 5.75 Å². The van der Waals surface area contributed by atoms with Crippen LogP contribution in [0.4, 0.5) is 13.2 Å². The van der Waals surface area contributed by atoms with E-state index in [0.717, 1.165) is 49.4 Å². The van der Waals surface area contributed by atoms with E-state index in [1.54, 1.807) is 48.7 Å². The monoisotopic (exact) mass is 538 g/mol. The van der Waals surface area contributed by atoms with Crippen LogP contribution in [0.15, 0.2) is 79.0 Å². The van der Waals surface area contributed by atoms with E-state index < -0.39 is 24.2 Å². The summed E-state index contributed by atoms with van der Waals surface area (Å²) in [5, 5.41) is 7.41. The number of benzene rings is 3. The molecule has 0 spiro atoms. The molecule has 2 atom stereocenters. The fourth-order valence-electron chi connectivity index (χ4n) is 4.71. The Morgan fingerprint density at radius 3 is 2.56 bits per heavy atom. The van der Waals surface area contributed by atoms with Crippen molar-refractivity contribution in [1.82, 2.24) is 20.0 Å². The number of ether oxygens (including phenoxy) is 2. The molecule has 204 valence electrons. The number of nitrogens with zero attached hydrogens (tertiary/aromatic N) is 3. The van der Waals surface area contributed by atoms with Gasteiger partial charge in [0, 0.05) is 25.0 Å². The van der Waals surface area contributed by atoms with Crippen LogP contribution in [0.25, 0.3) is 16.6 Å². The molecule has 4 aromatic rings. The SMILES string of the molecule is C[C@H](NC(=O)C(F)(F)F)[C@@H](Oc1ccc2c(cnn2-c2cccc(CN3CCOCC3)c2)c1)c1ccccc1. The van der Waals surface area contributed by atoms with Gasteiger partial charge in [0.1, 0.15) is 11.9 Å². The highest BCUT2D eigenvalue weighted by Crippen LogP contribution is 2.29. The number of fused-ring (bicyclic) bond motifs is 1. The van der Waals surface area contributed by atoms with Crippen LogP contribution >= 0.6 is 0 Å². The van der Waals surface area contributed by atoms with Crippen molar-refractivity contribution in [3.05, 3.63) is 90.1 Å². The van der Waals surface area contributed by atoms with Crippen LogP contribution in [-0.4, -0.2) is 59.1 Å². The van der Waals surface area contributed by atoms with Crippen molar-refractivity contribution >= 4 is 16.8 Å². The van der Waals surface area contributed by atoms with Crippen molar-refractivity contribution in [3.8, 4) is 11.4 Å². The summed E-state index contributed by atoms with van der Waals surface area (Å²) in [7, 11) is 0. The molecule has 0 radical (unpaired) electrons. The third-order valence-corrected chi connectivity index (χ3v) is 6.67. The molecule has 1 saturated heterocycles. The highest BCUT2D eigenvalue weighted by Gasteiger charge is 2.40. The molecule has 5 rings (SSSR count). The van der Waals surface area contributed by atoms with E-state index in [2.05, 4.69) is 22.1 Å². The lowest BCUT2D eigenvalue weighted by Crippen LogP contribution is -2.45. The Bertz CT molecular complexity index is 1420. The number of alkyl halides is 3. The summed E-state index contributed by atoms with van der Waals surface area (Å²) < 4.78 is 52.1. The second-order valence-electron chi connectivity index (χ2n) is 9.54. The van der Waals surface area contributed by atoms with E-state index in [-0.39, 0.29) is 0 Å². The third-order valence-electron chi connectivity index (χ3n) is 6.67. The highest BCUT2D eigenvalue weighted by atomic mass is 19.4. The number of carbonyl (C=O) groups is 1. The van der Waals surface area contributed by atoms with Crippen LogP contribution in [0, 0.1) is 0 Å². The largest absolute Gasteiger partial charge is 0.484 e. The van der Waals surface area contributed by atoms with E-state index in [9.17, 15) is 18.0 Å². The van der Waals surface area contributed by atoms with Crippen molar-refractivity contribution in [2.45, 2.75) is 31.8 Å². The minimum atomic E-state index is -4.98. The first-order valence-electron chi connectivity index (χ1n) is 12.7. The van der Waals surface area contributed by atoms with Crippen LogP contribution in [0.1, 0.15) is 24.2 Å². The van der Waals surface area contributed by atoms with Gasteiger partial charge in [-0.25, -0.2) is 4.68 Å². The van der Waals surface area contributed by atoms with Gasteiger partial charge in [-0.1, -0.05) is 42.5 Å². The Labute approximate surface area is 224 Å². The van der Waals surface area contributed by atoms with Crippen molar-refractivity contribution in [2.75, 3.05) is 26.3 Å². The molecule has 39 heavy (non-hydrogen) atoms. The smallest absolute Gasteiger partial charge is 0.471 e. The number of hydrogen-bond donors (Lipinski definition) is 1. The van der Waals surface area contributed by atoms with Gasteiger partial charge in [0.05, 0.1) is 36.7 Å². The number of aromatic nitrogens is 2. The first kappa shape index (κ1) is 26.7. The fourth-order valence-corrected chi connectivity index (χ4v) is 4.71. The molecule has 3 aromatic carbocycles. The zero-order valence-electron chi connectivity index (χ0n) is 21.4. The maximum atomic E-state index is 12.9. The molecule has 0 bridgehead atoms. The molecule has 1 aliphatic heterocycles. The van der Waals surface area contributed by atoms with Crippen LogP contribution in [-0.2, 0) is 16.1 Å². The van der Waals surface area contributed by atoms with Gasteiger partial charge < -0.3 is 14.8 Å². The van der Waals surface area contributed by atoms with Crippen LogP contribution < -0.4 is 10.1 Å². The summed E-state index contributed by atoms with van der Waals surface area (Å²) in [6.07, 6.45) is -4.10. The van der Waals surface area contributed by atoms with Gasteiger partial charge in [0.2, 0.25) is 0 Å². The summed E-state index contributed by atoms with van der Waals surface area (Å²) in [6.45, 7) is 5.61. The standard InChI is InChI=1S/C29H29F3N4O3/c1-20(34-28(37)29(30,31)32)27(22-7-3-2-4-8-22)39-25-10-11-26-23(17-25)18-33-36(26)24-9-5-6-21(16-24)19-35-12-14-38-15-13-35/h2-11,16-18,20,27H,12-15,19H2,1H3,(H,34,37)/t20-,27+/m0/s1. The topological polar surface area (TPSA) is 68.6 Å². The number of nitrogens with one attached hydrogen (secondary N) is 1. The van der Waals surface area contributed by atoms with Crippen molar-refractivity contribution < 1.29 is 27.4 Å². The Hall–Kier alpha value is -3.89. The Balaban J connectivity index is 1.37. The lowest BCUT2D eigenvalue weighted by molar-refractivity contribution is -0.174. The zero-order valence-corrected chi connectivity index (χ0v) is 21.4. The molecule has 1 amide bonds. The Morgan fingerprint density at radius 2 is 1.82 bits per heavy atom. The van der Waals surface area contributed by atoms with Gasteiger partial charge in [0.25, 0.3) is 0 Å². The quantitative estimate of drug-likeness (QED) is 0.340. The van der Waals surface area contributed by atoms with E-state index >= 15 is 0 Å². The second kappa shape index (κ2) is 11.5. The normalized spacial score (nSPS) is 16.1. The van der Waals surface area contributed by atoms with E-state index in [4.69, 9.17) is 9.47 Å². The summed E-state index contributed by atoms with van der Waals surface area (Å²) in [5.74, 6) is -1.56. The second-order valence-corrected chi connectivity index (χ2v) is 9.54. The third kappa shape index (κ3) is 6.40. The van der Waals surface area contributed by atoms with Crippen LogP contribution in [0.3, 0.4) is 0 Å². The maximum Gasteiger partial charge on any atom is 0.471 e. The molecule has 7 nitrogen and oxygen atoms in total. The molecule has 1 aliphatic rings. The van der Waals surface area contributed by atoms with E-state index in [1.165, 1.54) is 12.5 Å². The molecule has 0 unspecified atom stereocenters. The molecular formula is C29H29F3N4O3. The van der Waals surface area contributed by atoms with Crippen molar-refractivity contribution in [3.63, 3.8) is 0 Å². The molecule has 1 fully saturated rings. The molecule has 0 aliphatic carbocycles. The average molecular weight is 539 g/mol. The highest BCUT2D eigenvalue weighted by molar-refractivity contribution is 5.82. The number of morpholine rings is 1. The lowest BCUT2D eigenvalue weighted by Gasteiger charge is -2.27. The first-order valence-corrected chi connectivity index (χ1v) is 12.7. The minimum Gasteiger partial charge on any atom is -0.484 e. The molecule has 2 heterocycles. The summed E-state index contributed by atoms with van der Waals surface area (Å²) >= 11 is 0. The molecule has 1 aromatic heterocycles. The zero-order chi connectivity index (χ0) is 27.4. The first-order chi connectivity index (χ1) is 18.8. The van der Waals surface area contributed by atoms with Gasteiger partial charge >= 0.3 is 12.1 Å². The average Bonchev–Trinajstić information content (AvgIpc) is 3.36. The summed E-state index contributed by atoms with van der Waals surface area (Å²) in [4.78, 5) is 14.0. The van der Waals surface area contributed by atoms with Crippen LogP contribution in [0.2, 0.25) is 0 Å². The molecular weight excluding hydrogens is 509 g/mol. The number of carbonyl (C=O) groups excluding carboxylic acids is 1. The number of halogens is 3. The Kier molecular flexibility index (Phi) is 7.85. The maximum absolute atomic E-state index is 12.9. The van der Waals surface area contributed by atoms with Gasteiger partial charge in [-0.3, -0.25) is 9.69 Å². The minimum absolute atomic E-state index is 0.449. The van der Waals surface area contributed by atoms with Gasteiger partial charge in [0.15, 0.2) is 0 Å².